The summed E-state index contributed by atoms with van der Waals surface area (Å²) >= 11 is 8.25. The maximum absolute atomic E-state index is 9.01. The van der Waals surface area contributed by atoms with Gasteiger partial charge in [-0.1, -0.05) is 24.4 Å². The van der Waals surface area contributed by atoms with Gasteiger partial charge < -0.3 is 0 Å². The summed E-state index contributed by atoms with van der Waals surface area (Å²) in [4.78, 5) is 20.4. The molecule has 0 aromatic carbocycles. The number of hydrogen-bond acceptors (Lipinski definition) is 5. The zero-order valence-corrected chi connectivity index (χ0v) is 14.0. The van der Waals surface area contributed by atoms with Crippen molar-refractivity contribution < 1.29 is 9.59 Å². The minimum absolute atomic E-state index is 0.126. The predicted octanol–water partition coefficient (Wildman–Crippen LogP) is 1.66. The Morgan fingerprint density at radius 1 is 1.06 bits per heavy atom. The van der Waals surface area contributed by atoms with E-state index in [0.29, 0.717) is 12.6 Å². The van der Waals surface area contributed by atoms with E-state index in [1.807, 2.05) is 0 Å². The fourth-order valence-electron chi connectivity index (χ4n) is 0.623. The van der Waals surface area contributed by atoms with Crippen molar-refractivity contribution in [3.8, 4) is 0 Å². The fourth-order valence-corrected chi connectivity index (χ4v) is 2.35. The van der Waals surface area contributed by atoms with Crippen LogP contribution in [0.1, 0.15) is 19.3 Å². The standard InChI is InChI=1S/C5H12N.2C2H2OS.CH3.Sn/c1-2-3-4-5-6;2*3-1-2-4;;/h1-6H2;2*1-2H;1H3;. The topological polar surface area (TPSA) is 60.2 Å². The molecule has 6 heteroatoms. The van der Waals surface area contributed by atoms with Crippen molar-refractivity contribution in [3.63, 3.8) is 0 Å². The Balaban J connectivity index is -0.000000179. The predicted molar refractivity (Wildman–Crippen MR) is 78.8 cm³/mol. The second-order valence-corrected chi connectivity index (χ2v) is 6.49. The number of unbranched alkanes of at least 4 members (excludes halogenated alkanes) is 2. The maximum atomic E-state index is 9.01. The molecule has 16 heavy (non-hydrogen) atoms. The number of carbonyl (C=O) groups excluding carboxylic acids is 2. The van der Waals surface area contributed by atoms with E-state index in [2.05, 4.69) is 29.4 Å². The van der Waals surface area contributed by atoms with Gasteiger partial charge >= 0.3 is 62.1 Å². The van der Waals surface area contributed by atoms with Crippen LogP contribution in [0.3, 0.4) is 0 Å². The van der Waals surface area contributed by atoms with Crippen LogP contribution in [0.5, 0.6) is 0 Å². The Morgan fingerprint density at radius 2 is 1.50 bits per heavy atom. The molecule has 2 radical (unpaired) electrons. The number of nitrogens with two attached hydrogens (primary N) is 1. The van der Waals surface area contributed by atoms with Gasteiger partial charge in [0, 0.05) is 10.7 Å². The average molecular weight is 368 g/mol. The zero-order valence-electron chi connectivity index (χ0n) is 9.56. The molecule has 0 saturated heterocycles. The first-order chi connectivity index (χ1) is 7.74. The molecule has 3 nitrogen and oxygen atoms in total. The molecule has 0 aliphatic heterocycles. The Hall–Kier alpha value is 0.279. The molecule has 0 spiro atoms. The summed E-state index contributed by atoms with van der Waals surface area (Å²) in [5.41, 5.74) is 5.32. The first-order valence-electron chi connectivity index (χ1n) is 4.87. The molecule has 0 aromatic rings. The Bertz CT molecular complexity index is 139. The van der Waals surface area contributed by atoms with Crippen LogP contribution in [0.25, 0.3) is 0 Å². The number of rotatable bonds is 7. The Morgan fingerprint density at radius 3 is 1.75 bits per heavy atom. The third-order valence-electron chi connectivity index (χ3n) is 1.24. The second-order valence-electron chi connectivity index (χ2n) is 2.50. The zero-order chi connectivity index (χ0) is 13.1. The average Bonchev–Trinajstić information content (AvgIpc) is 2.35. The molecule has 92 valence electrons. The van der Waals surface area contributed by atoms with E-state index in [4.69, 9.17) is 15.3 Å². The monoisotopic (exact) mass is 369 g/mol. The van der Waals surface area contributed by atoms with Gasteiger partial charge in [-0.25, -0.2) is 0 Å². The quantitative estimate of drug-likeness (QED) is 0.321. The van der Waals surface area contributed by atoms with E-state index < -0.39 is 0 Å². The van der Waals surface area contributed by atoms with Gasteiger partial charge in [0.2, 0.25) is 0 Å². The van der Waals surface area contributed by atoms with Gasteiger partial charge in [-0.15, -0.1) is 0 Å². The molecule has 0 amide bonds. The van der Waals surface area contributed by atoms with Crippen LogP contribution in [0.15, 0.2) is 0 Å². The summed E-state index contributed by atoms with van der Waals surface area (Å²) in [7, 11) is 0. The van der Waals surface area contributed by atoms with E-state index in [1.54, 1.807) is 4.44 Å². The number of hydrogen-bond donors (Lipinski definition) is 1. The molecule has 0 unspecified atom stereocenters. The normalized spacial score (nSPS) is 7.38. The molecule has 0 fully saturated rings. The SMILES string of the molecule is O=CC=S.O=CC=S.[CH3][Sn][CH2]CCCCN. The van der Waals surface area contributed by atoms with Crippen LogP contribution < -0.4 is 5.73 Å². The van der Waals surface area contributed by atoms with Gasteiger partial charge in [0.1, 0.15) is 0 Å². The van der Waals surface area contributed by atoms with Crippen LogP contribution >= 0.6 is 24.4 Å². The van der Waals surface area contributed by atoms with Gasteiger partial charge in [0.15, 0.2) is 12.6 Å². The van der Waals surface area contributed by atoms with Crippen molar-refractivity contribution in [1.82, 2.24) is 0 Å². The van der Waals surface area contributed by atoms with Gasteiger partial charge in [-0.2, -0.15) is 0 Å². The molecular formula is C10H19NO2S2Sn. The molecule has 0 bridgehead atoms. The second kappa shape index (κ2) is 29.5. The molecule has 0 heterocycles. The van der Waals surface area contributed by atoms with Crippen molar-refractivity contribution in [1.29, 1.82) is 0 Å². The van der Waals surface area contributed by atoms with E-state index in [9.17, 15) is 0 Å². The number of thiocarbonyl (C=S) groups is 2. The third kappa shape index (κ3) is 47.5. The van der Waals surface area contributed by atoms with Crippen molar-refractivity contribution in [2.45, 2.75) is 28.6 Å². The first kappa shape index (κ1) is 21.6. The van der Waals surface area contributed by atoms with Crippen LogP contribution in [-0.4, -0.2) is 51.0 Å². The summed E-state index contributed by atoms with van der Waals surface area (Å²) in [5.74, 6) is 0. The Kier molecular flexibility index (Phi) is 39.7. The van der Waals surface area contributed by atoms with E-state index in [0.717, 1.165) is 17.3 Å². The third-order valence-corrected chi connectivity index (χ3v) is 3.90. The summed E-state index contributed by atoms with van der Waals surface area (Å²) in [6.45, 7) is 0.884. The van der Waals surface area contributed by atoms with Gasteiger partial charge in [0.05, 0.1) is 0 Å². The summed E-state index contributed by atoms with van der Waals surface area (Å²) < 4.78 is 1.54. The van der Waals surface area contributed by atoms with Gasteiger partial charge in [-0.05, 0) is 0 Å². The molecule has 0 aliphatic carbocycles. The van der Waals surface area contributed by atoms with Crippen molar-refractivity contribution in [2.75, 3.05) is 6.54 Å². The van der Waals surface area contributed by atoms with Crippen LogP contribution in [-0.2, 0) is 9.59 Å². The number of aldehydes is 2. The molecule has 0 rings (SSSR count). The fraction of sp³-hybridized carbons (Fsp3) is 0.600. The summed E-state index contributed by atoms with van der Waals surface area (Å²) in [6, 6.07) is 0. The van der Waals surface area contributed by atoms with Crippen LogP contribution in [0, 0.1) is 0 Å². The van der Waals surface area contributed by atoms with Crippen LogP contribution in [0.2, 0.25) is 9.38 Å². The number of carbonyl (C=O) groups is 2. The van der Waals surface area contributed by atoms with Gasteiger partial charge in [-0.3, -0.25) is 9.59 Å². The Labute approximate surface area is 119 Å². The van der Waals surface area contributed by atoms with Crippen molar-refractivity contribution in [3.05, 3.63) is 0 Å². The molecule has 0 aromatic heterocycles. The molecule has 2 N–H and O–H groups in total. The summed E-state index contributed by atoms with van der Waals surface area (Å²) in [5, 5.41) is 2.06. The van der Waals surface area contributed by atoms with E-state index >= 15 is 0 Å². The molecule has 0 atom stereocenters. The van der Waals surface area contributed by atoms with Crippen molar-refractivity contribution in [2.24, 2.45) is 5.73 Å². The molecular weight excluding hydrogens is 349 g/mol. The molecule has 0 aliphatic rings. The van der Waals surface area contributed by atoms with Crippen LogP contribution in [0.4, 0.5) is 0 Å². The van der Waals surface area contributed by atoms with E-state index in [1.165, 1.54) is 19.3 Å². The minimum atomic E-state index is 0.126. The van der Waals surface area contributed by atoms with Gasteiger partial charge in [0.25, 0.3) is 0 Å². The first-order valence-corrected chi connectivity index (χ1v) is 10.7. The van der Waals surface area contributed by atoms with Crippen molar-refractivity contribution >= 4 is 68.9 Å². The summed E-state index contributed by atoms with van der Waals surface area (Å²) in [6.07, 6.45) is 5.18. The van der Waals surface area contributed by atoms with E-state index in [-0.39, 0.29) is 21.1 Å². The molecule has 0 saturated carbocycles.